The molecule has 4 fully saturated rings. The van der Waals surface area contributed by atoms with E-state index in [-0.39, 0.29) is 22.2 Å². The number of hydrogen-bond donors (Lipinski definition) is 2. The van der Waals surface area contributed by atoms with Gasteiger partial charge in [-0.2, -0.15) is 0 Å². The first kappa shape index (κ1) is 23.9. The number of aliphatic hydroxyl groups excluding tert-OH is 1. The lowest BCUT2D eigenvalue weighted by atomic mass is 9.33. The summed E-state index contributed by atoms with van der Waals surface area (Å²) in [5.41, 5.74) is 1.98. The molecule has 5 rings (SSSR count). The monoisotopic (exact) mass is 456 g/mol. The molecular formula is C30H48O3. The number of fused-ring (bicyclic) bond motifs is 7. The zero-order valence-electron chi connectivity index (χ0n) is 22.3. The number of aliphatic carboxylic acids is 1. The first-order valence-corrected chi connectivity index (χ1v) is 13.8. The van der Waals surface area contributed by atoms with Crippen LogP contribution in [0.4, 0.5) is 0 Å². The number of rotatable bonds is 1. The minimum absolute atomic E-state index is 0.0308. The van der Waals surface area contributed by atoms with Crippen LogP contribution in [-0.4, -0.2) is 22.3 Å². The summed E-state index contributed by atoms with van der Waals surface area (Å²) in [6, 6.07) is 0. The van der Waals surface area contributed by atoms with Gasteiger partial charge in [-0.3, -0.25) is 4.79 Å². The maximum Gasteiger partial charge on any atom is 0.312 e. The van der Waals surface area contributed by atoms with E-state index < -0.39 is 17.5 Å². The first-order chi connectivity index (χ1) is 15.1. The van der Waals surface area contributed by atoms with Crippen molar-refractivity contribution in [3.63, 3.8) is 0 Å². The number of carbonyl (C=O) groups is 1. The van der Waals surface area contributed by atoms with Crippen molar-refractivity contribution in [1.82, 2.24) is 0 Å². The zero-order valence-corrected chi connectivity index (χ0v) is 22.3. The summed E-state index contributed by atoms with van der Waals surface area (Å²) in [7, 11) is 0. The lowest BCUT2D eigenvalue weighted by Crippen LogP contribution is -2.66. The predicted molar refractivity (Wildman–Crippen MR) is 133 cm³/mol. The van der Waals surface area contributed by atoms with Crippen LogP contribution >= 0.6 is 0 Å². The fourth-order valence-corrected chi connectivity index (χ4v) is 10.5. The maximum absolute atomic E-state index is 12.5. The van der Waals surface area contributed by atoms with Crippen LogP contribution < -0.4 is 0 Å². The Morgan fingerprint density at radius 2 is 1.55 bits per heavy atom. The van der Waals surface area contributed by atoms with E-state index in [1.54, 1.807) is 5.57 Å². The van der Waals surface area contributed by atoms with Gasteiger partial charge in [0.25, 0.3) is 0 Å². The summed E-state index contributed by atoms with van der Waals surface area (Å²) in [6.07, 6.45) is 13.2. The molecule has 0 amide bonds. The van der Waals surface area contributed by atoms with Crippen molar-refractivity contribution in [3.8, 4) is 0 Å². The second-order valence-electron chi connectivity index (χ2n) is 15.0. The topological polar surface area (TPSA) is 57.5 Å². The average Bonchev–Trinajstić information content (AvgIpc) is 2.72. The summed E-state index contributed by atoms with van der Waals surface area (Å²) in [5, 5.41) is 21.1. The van der Waals surface area contributed by atoms with Crippen molar-refractivity contribution in [2.75, 3.05) is 0 Å². The zero-order chi connectivity index (χ0) is 24.2. The Hall–Kier alpha value is -0.830. The Morgan fingerprint density at radius 1 is 0.879 bits per heavy atom. The highest BCUT2D eigenvalue weighted by Gasteiger charge is 2.69. The van der Waals surface area contributed by atoms with E-state index in [0.29, 0.717) is 29.1 Å². The summed E-state index contributed by atoms with van der Waals surface area (Å²) < 4.78 is 0. The molecule has 0 spiro atoms. The van der Waals surface area contributed by atoms with Crippen LogP contribution in [0.25, 0.3) is 0 Å². The van der Waals surface area contributed by atoms with Crippen molar-refractivity contribution in [2.24, 2.45) is 50.2 Å². The van der Waals surface area contributed by atoms with Crippen molar-refractivity contribution in [1.29, 1.82) is 0 Å². The van der Waals surface area contributed by atoms with E-state index >= 15 is 0 Å². The molecule has 4 unspecified atom stereocenters. The largest absolute Gasteiger partial charge is 0.481 e. The molecule has 186 valence electrons. The molecule has 3 nitrogen and oxygen atoms in total. The summed E-state index contributed by atoms with van der Waals surface area (Å²) >= 11 is 0. The Bertz CT molecular complexity index is 889. The van der Waals surface area contributed by atoms with E-state index in [2.05, 4.69) is 47.6 Å². The van der Waals surface area contributed by atoms with Gasteiger partial charge in [0.2, 0.25) is 0 Å². The van der Waals surface area contributed by atoms with Gasteiger partial charge in [-0.05, 0) is 116 Å². The third-order valence-electron chi connectivity index (χ3n) is 13.2. The Labute approximate surface area is 201 Å². The van der Waals surface area contributed by atoms with Crippen molar-refractivity contribution in [3.05, 3.63) is 11.6 Å². The highest BCUT2D eigenvalue weighted by molar-refractivity contribution is 5.76. The molecule has 0 aromatic heterocycles. The van der Waals surface area contributed by atoms with Crippen molar-refractivity contribution in [2.45, 2.75) is 119 Å². The SMILES string of the molecule is CC1(C)CC[C@]2(C)CC[C@]3(C)C(=CCC4[C@@]5(C)CCC(O)[C@](C)(C(=O)O)C5CC[C@]43C)C2C1. The number of allylic oxidation sites excluding steroid dienone is 2. The van der Waals surface area contributed by atoms with E-state index in [1.807, 2.05) is 6.92 Å². The lowest BCUT2D eigenvalue weighted by Gasteiger charge is -2.71. The molecule has 0 saturated heterocycles. The molecule has 0 aromatic carbocycles. The van der Waals surface area contributed by atoms with Crippen molar-refractivity contribution >= 4 is 5.97 Å². The Kier molecular flexibility index (Phi) is 4.99. The van der Waals surface area contributed by atoms with E-state index in [9.17, 15) is 15.0 Å². The Balaban J connectivity index is 1.58. The fourth-order valence-electron chi connectivity index (χ4n) is 10.5. The molecule has 2 N–H and O–H groups in total. The average molecular weight is 457 g/mol. The summed E-state index contributed by atoms with van der Waals surface area (Å²) in [6.45, 7) is 16.9. The maximum atomic E-state index is 12.5. The van der Waals surface area contributed by atoms with Crippen LogP contribution in [0.3, 0.4) is 0 Å². The van der Waals surface area contributed by atoms with Crippen LogP contribution in [0.15, 0.2) is 11.6 Å². The van der Waals surface area contributed by atoms with Gasteiger partial charge in [0, 0.05) is 0 Å². The number of aliphatic hydroxyl groups is 1. The second kappa shape index (κ2) is 6.89. The van der Waals surface area contributed by atoms with E-state index in [1.165, 1.54) is 32.1 Å². The van der Waals surface area contributed by atoms with Gasteiger partial charge in [-0.25, -0.2) is 0 Å². The molecule has 4 saturated carbocycles. The van der Waals surface area contributed by atoms with Gasteiger partial charge in [0.05, 0.1) is 11.5 Å². The molecule has 9 atom stereocenters. The smallest absolute Gasteiger partial charge is 0.312 e. The molecule has 0 aromatic rings. The normalized spacial score (nSPS) is 55.3. The molecule has 33 heavy (non-hydrogen) atoms. The van der Waals surface area contributed by atoms with Gasteiger partial charge in [0.1, 0.15) is 0 Å². The standard InChI is InChI=1S/C30H48O3/c1-25(2)14-15-26(3)16-17-28(5)19(20(26)18-25)8-9-21-27(4)12-11-23(31)30(7,24(32)33)22(27)10-13-29(21,28)6/h8,20-23,31H,9-18H2,1-7H3,(H,32,33)/t20?,21?,22?,23?,26-,27-,28-,29-,30-/m1/s1. The van der Waals surface area contributed by atoms with Crippen LogP contribution in [0.1, 0.15) is 113 Å². The predicted octanol–water partition coefficient (Wildman–Crippen LogP) is 7.23. The van der Waals surface area contributed by atoms with Crippen LogP contribution in [0.2, 0.25) is 0 Å². The number of carboxylic acids is 1. The van der Waals surface area contributed by atoms with Gasteiger partial charge < -0.3 is 10.2 Å². The highest BCUT2D eigenvalue weighted by atomic mass is 16.4. The van der Waals surface area contributed by atoms with Gasteiger partial charge in [0.15, 0.2) is 0 Å². The number of hydrogen-bond acceptors (Lipinski definition) is 2. The quantitative estimate of drug-likeness (QED) is 0.409. The summed E-state index contributed by atoms with van der Waals surface area (Å²) in [5.74, 6) is 0.432. The third kappa shape index (κ3) is 2.87. The van der Waals surface area contributed by atoms with Gasteiger partial charge in [-0.1, -0.05) is 53.2 Å². The van der Waals surface area contributed by atoms with Gasteiger partial charge >= 0.3 is 5.97 Å². The van der Waals surface area contributed by atoms with Crippen molar-refractivity contribution < 1.29 is 15.0 Å². The molecule has 0 aliphatic heterocycles. The lowest BCUT2D eigenvalue weighted by molar-refractivity contribution is -0.216. The molecule has 5 aliphatic rings. The Morgan fingerprint density at radius 3 is 2.21 bits per heavy atom. The third-order valence-corrected chi connectivity index (χ3v) is 13.2. The summed E-state index contributed by atoms with van der Waals surface area (Å²) in [4.78, 5) is 12.5. The van der Waals surface area contributed by atoms with Crippen LogP contribution in [-0.2, 0) is 4.79 Å². The molecule has 0 radical (unpaired) electrons. The van der Waals surface area contributed by atoms with Crippen LogP contribution in [0.5, 0.6) is 0 Å². The number of carboxylic acid groups (broad SMARTS) is 1. The first-order valence-electron chi connectivity index (χ1n) is 13.8. The molecular weight excluding hydrogens is 408 g/mol. The van der Waals surface area contributed by atoms with Crippen LogP contribution in [0, 0.1) is 50.2 Å². The second-order valence-corrected chi connectivity index (χ2v) is 15.0. The molecule has 3 heteroatoms. The van der Waals surface area contributed by atoms with E-state index in [0.717, 1.165) is 25.7 Å². The van der Waals surface area contributed by atoms with Gasteiger partial charge in [-0.15, -0.1) is 0 Å². The minimum Gasteiger partial charge on any atom is -0.481 e. The molecule has 5 aliphatic carbocycles. The minimum atomic E-state index is -1.03. The fraction of sp³-hybridized carbons (Fsp3) is 0.900. The van der Waals surface area contributed by atoms with E-state index in [4.69, 9.17) is 0 Å². The highest BCUT2D eigenvalue weighted by Crippen LogP contribution is 2.75. The molecule has 0 heterocycles. The molecule has 0 bridgehead atoms.